The number of nitrogens with one attached hydrogen (secondary N) is 1. The van der Waals surface area contributed by atoms with Crippen LogP contribution in [0.5, 0.6) is 0 Å². The van der Waals surface area contributed by atoms with Crippen LogP contribution in [0.3, 0.4) is 0 Å². The van der Waals surface area contributed by atoms with Crippen molar-refractivity contribution in [2.75, 3.05) is 0 Å². The van der Waals surface area contributed by atoms with E-state index in [4.69, 9.17) is 0 Å². The SMILES string of the molecule is C/C(=C/C(=O)N[C@@H](c1ccccc1)c1ccncc1)C1CC1. The Labute approximate surface area is 131 Å². The third-order valence-electron chi connectivity index (χ3n) is 4.04. The summed E-state index contributed by atoms with van der Waals surface area (Å²) in [5, 5.41) is 3.12. The van der Waals surface area contributed by atoms with Gasteiger partial charge in [-0.2, -0.15) is 0 Å². The van der Waals surface area contributed by atoms with E-state index in [1.807, 2.05) is 49.4 Å². The molecular formula is C19H20N2O. The number of hydrogen-bond acceptors (Lipinski definition) is 2. The highest BCUT2D eigenvalue weighted by Gasteiger charge is 2.24. The van der Waals surface area contributed by atoms with Crippen molar-refractivity contribution in [1.82, 2.24) is 10.3 Å². The molecule has 1 N–H and O–H groups in total. The zero-order valence-corrected chi connectivity index (χ0v) is 12.7. The molecule has 3 nitrogen and oxygen atoms in total. The number of pyridine rings is 1. The fourth-order valence-electron chi connectivity index (χ4n) is 2.61. The van der Waals surface area contributed by atoms with Crippen LogP contribution < -0.4 is 5.32 Å². The highest BCUT2D eigenvalue weighted by molar-refractivity contribution is 5.89. The predicted molar refractivity (Wildman–Crippen MR) is 87.1 cm³/mol. The van der Waals surface area contributed by atoms with Crippen molar-refractivity contribution in [2.45, 2.75) is 25.8 Å². The summed E-state index contributed by atoms with van der Waals surface area (Å²) in [4.78, 5) is 16.4. The van der Waals surface area contributed by atoms with E-state index in [2.05, 4.69) is 10.3 Å². The third-order valence-corrected chi connectivity index (χ3v) is 4.04. The second kappa shape index (κ2) is 6.56. The first kappa shape index (κ1) is 14.5. The quantitative estimate of drug-likeness (QED) is 0.855. The minimum atomic E-state index is -0.153. The lowest BCUT2D eigenvalue weighted by Gasteiger charge is -2.19. The molecule has 1 aromatic carbocycles. The molecule has 112 valence electrons. The third kappa shape index (κ3) is 3.61. The molecule has 1 atom stereocenters. The highest BCUT2D eigenvalue weighted by atomic mass is 16.1. The maximum Gasteiger partial charge on any atom is 0.244 e. The second-order valence-electron chi connectivity index (χ2n) is 5.80. The molecule has 3 rings (SSSR count). The van der Waals surface area contributed by atoms with Crippen LogP contribution in [-0.2, 0) is 4.79 Å². The molecule has 22 heavy (non-hydrogen) atoms. The Balaban J connectivity index is 1.83. The van der Waals surface area contributed by atoms with Gasteiger partial charge >= 0.3 is 0 Å². The lowest BCUT2D eigenvalue weighted by molar-refractivity contribution is -0.117. The molecule has 0 unspecified atom stereocenters. The summed E-state index contributed by atoms with van der Waals surface area (Å²) >= 11 is 0. The molecule has 0 saturated heterocycles. The molecule has 1 saturated carbocycles. The molecular weight excluding hydrogens is 272 g/mol. The fraction of sp³-hybridized carbons (Fsp3) is 0.263. The van der Waals surface area contributed by atoms with Gasteiger partial charge in [-0.05, 0) is 48.9 Å². The maximum atomic E-state index is 12.3. The highest BCUT2D eigenvalue weighted by Crippen LogP contribution is 2.35. The van der Waals surface area contributed by atoms with Crippen molar-refractivity contribution < 1.29 is 4.79 Å². The molecule has 1 aliphatic rings. The Hall–Kier alpha value is -2.42. The van der Waals surface area contributed by atoms with Crippen LogP contribution in [0.25, 0.3) is 0 Å². The standard InChI is InChI=1S/C19H20N2O/c1-14(15-7-8-15)13-18(22)21-19(16-5-3-2-4-6-16)17-9-11-20-12-10-17/h2-6,9-13,15,19H,7-8H2,1H3,(H,21,22)/b14-13-/t19-/m0/s1. The molecule has 1 aliphatic carbocycles. The van der Waals surface area contributed by atoms with Gasteiger partial charge in [0.25, 0.3) is 0 Å². The van der Waals surface area contributed by atoms with Crippen molar-refractivity contribution in [3.63, 3.8) is 0 Å². The number of nitrogens with zero attached hydrogens (tertiary/aromatic N) is 1. The van der Waals surface area contributed by atoms with Crippen molar-refractivity contribution in [3.8, 4) is 0 Å². The zero-order valence-electron chi connectivity index (χ0n) is 12.7. The summed E-state index contributed by atoms with van der Waals surface area (Å²) in [6.45, 7) is 2.04. The van der Waals surface area contributed by atoms with Gasteiger partial charge in [0.1, 0.15) is 0 Å². The van der Waals surface area contributed by atoms with E-state index < -0.39 is 0 Å². The van der Waals surface area contributed by atoms with Crippen LogP contribution in [-0.4, -0.2) is 10.9 Å². The Morgan fingerprint density at radius 1 is 1.14 bits per heavy atom. The lowest BCUT2D eigenvalue weighted by atomic mass is 9.99. The first-order valence-corrected chi connectivity index (χ1v) is 7.67. The number of rotatable bonds is 5. The van der Waals surface area contributed by atoms with Crippen molar-refractivity contribution >= 4 is 5.91 Å². The minimum Gasteiger partial charge on any atom is -0.342 e. The smallest absolute Gasteiger partial charge is 0.244 e. The maximum absolute atomic E-state index is 12.3. The number of amides is 1. The first-order chi connectivity index (χ1) is 10.7. The van der Waals surface area contributed by atoms with E-state index in [0.717, 1.165) is 11.1 Å². The molecule has 1 fully saturated rings. The number of carbonyl (C=O) groups excluding carboxylic acids is 1. The molecule has 1 aromatic heterocycles. The number of aromatic nitrogens is 1. The van der Waals surface area contributed by atoms with Gasteiger partial charge in [-0.3, -0.25) is 9.78 Å². The zero-order chi connectivity index (χ0) is 15.4. The van der Waals surface area contributed by atoms with Crippen LogP contribution in [0.15, 0.2) is 66.5 Å². The van der Waals surface area contributed by atoms with Gasteiger partial charge in [0.2, 0.25) is 5.91 Å². The topological polar surface area (TPSA) is 42.0 Å². The Kier molecular flexibility index (Phi) is 4.33. The van der Waals surface area contributed by atoms with Crippen LogP contribution in [0.2, 0.25) is 0 Å². The number of allylic oxidation sites excluding steroid dienone is 1. The van der Waals surface area contributed by atoms with Crippen molar-refractivity contribution in [2.24, 2.45) is 5.92 Å². The van der Waals surface area contributed by atoms with E-state index in [1.54, 1.807) is 18.5 Å². The van der Waals surface area contributed by atoms with E-state index in [0.29, 0.717) is 5.92 Å². The summed E-state index contributed by atoms with van der Waals surface area (Å²) in [5.74, 6) is 0.580. The van der Waals surface area contributed by atoms with Gasteiger partial charge in [0, 0.05) is 18.5 Å². The van der Waals surface area contributed by atoms with Crippen LogP contribution in [0.4, 0.5) is 0 Å². The fourth-order valence-corrected chi connectivity index (χ4v) is 2.61. The van der Waals surface area contributed by atoms with Crippen LogP contribution in [0, 0.1) is 5.92 Å². The normalized spacial score (nSPS) is 16.1. The molecule has 1 heterocycles. The Morgan fingerprint density at radius 2 is 1.77 bits per heavy atom. The van der Waals surface area contributed by atoms with Crippen LogP contribution in [0.1, 0.15) is 36.9 Å². The van der Waals surface area contributed by atoms with E-state index in [-0.39, 0.29) is 11.9 Å². The molecule has 0 aliphatic heterocycles. The number of carbonyl (C=O) groups is 1. The number of hydrogen-bond donors (Lipinski definition) is 1. The Bertz CT molecular complexity index is 621. The molecule has 2 aromatic rings. The van der Waals surface area contributed by atoms with Gasteiger partial charge in [-0.1, -0.05) is 35.9 Å². The molecule has 0 bridgehead atoms. The van der Waals surface area contributed by atoms with E-state index in [1.165, 1.54) is 18.4 Å². The second-order valence-corrected chi connectivity index (χ2v) is 5.80. The van der Waals surface area contributed by atoms with Gasteiger partial charge < -0.3 is 5.32 Å². The van der Waals surface area contributed by atoms with E-state index >= 15 is 0 Å². The summed E-state index contributed by atoms with van der Waals surface area (Å²) < 4.78 is 0. The average Bonchev–Trinajstić information content (AvgIpc) is 3.39. The van der Waals surface area contributed by atoms with E-state index in [9.17, 15) is 4.79 Å². The average molecular weight is 292 g/mol. The Morgan fingerprint density at radius 3 is 2.41 bits per heavy atom. The molecule has 0 spiro atoms. The van der Waals surface area contributed by atoms with Gasteiger partial charge in [-0.25, -0.2) is 0 Å². The molecule has 0 radical (unpaired) electrons. The monoisotopic (exact) mass is 292 g/mol. The van der Waals surface area contributed by atoms with Gasteiger partial charge in [0.05, 0.1) is 6.04 Å². The molecule has 3 heteroatoms. The van der Waals surface area contributed by atoms with Gasteiger partial charge in [0.15, 0.2) is 0 Å². The predicted octanol–water partition coefficient (Wildman–Crippen LogP) is 3.64. The first-order valence-electron chi connectivity index (χ1n) is 7.67. The van der Waals surface area contributed by atoms with Crippen LogP contribution >= 0.6 is 0 Å². The van der Waals surface area contributed by atoms with Gasteiger partial charge in [-0.15, -0.1) is 0 Å². The summed E-state index contributed by atoms with van der Waals surface area (Å²) in [7, 11) is 0. The minimum absolute atomic E-state index is 0.0323. The number of benzene rings is 1. The summed E-state index contributed by atoms with van der Waals surface area (Å²) in [6.07, 6.45) is 7.67. The summed E-state index contributed by atoms with van der Waals surface area (Å²) in [6, 6.07) is 13.7. The van der Waals surface area contributed by atoms with Crippen molar-refractivity contribution in [1.29, 1.82) is 0 Å². The molecule has 1 amide bonds. The van der Waals surface area contributed by atoms with Crippen molar-refractivity contribution in [3.05, 3.63) is 77.6 Å². The lowest BCUT2D eigenvalue weighted by Crippen LogP contribution is -2.28. The largest absolute Gasteiger partial charge is 0.342 e. The summed E-state index contributed by atoms with van der Waals surface area (Å²) in [5.41, 5.74) is 3.28.